The Bertz CT molecular complexity index is 719. The Balaban J connectivity index is 1.78. The third-order valence-electron chi connectivity index (χ3n) is 4.17. The topological polar surface area (TPSA) is 82.1 Å². The minimum atomic E-state index is -3.98. The number of carbonyl (C=O) groups is 1. The van der Waals surface area contributed by atoms with Gasteiger partial charge in [-0.1, -0.05) is 36.4 Å². The molecule has 0 bridgehead atoms. The fourth-order valence-corrected chi connectivity index (χ4v) is 4.37. The molecule has 2 atom stereocenters. The van der Waals surface area contributed by atoms with E-state index in [-0.39, 0.29) is 6.42 Å². The van der Waals surface area contributed by atoms with Crippen LogP contribution in [0.25, 0.3) is 0 Å². The number of hydrogen-bond acceptors (Lipinski definition) is 5. The lowest BCUT2D eigenvalue weighted by atomic mass is 9.87. The van der Waals surface area contributed by atoms with Gasteiger partial charge in [0.1, 0.15) is 11.5 Å². The zero-order chi connectivity index (χ0) is 18.4. The van der Waals surface area contributed by atoms with E-state index in [1.54, 1.807) is 48.5 Å². The molecule has 2 aromatic carbocycles. The van der Waals surface area contributed by atoms with Gasteiger partial charge >= 0.3 is 13.8 Å². The van der Waals surface area contributed by atoms with Crippen molar-refractivity contribution in [1.29, 1.82) is 0 Å². The van der Waals surface area contributed by atoms with Crippen molar-refractivity contribution in [1.82, 2.24) is 0 Å². The van der Waals surface area contributed by atoms with Crippen molar-refractivity contribution in [3.8, 4) is 11.5 Å². The van der Waals surface area contributed by atoms with Gasteiger partial charge in [0, 0.05) is 0 Å². The van der Waals surface area contributed by atoms with Crippen LogP contribution in [0, 0.1) is 5.92 Å². The second-order valence-corrected chi connectivity index (χ2v) is 7.66. The molecule has 1 N–H and O–H groups in total. The molecule has 1 saturated carbocycles. The molecule has 1 aliphatic rings. The van der Waals surface area contributed by atoms with Crippen LogP contribution in [-0.2, 0) is 13.9 Å². The van der Waals surface area contributed by atoms with Gasteiger partial charge in [-0.3, -0.25) is 9.32 Å². The largest absolute Gasteiger partial charge is 0.587 e. The summed E-state index contributed by atoms with van der Waals surface area (Å²) in [4.78, 5) is 11.3. The predicted molar refractivity (Wildman–Crippen MR) is 96.2 cm³/mol. The quantitative estimate of drug-likeness (QED) is 0.691. The van der Waals surface area contributed by atoms with Gasteiger partial charge in [0.2, 0.25) is 0 Å². The summed E-state index contributed by atoms with van der Waals surface area (Å²) >= 11 is 0. The van der Waals surface area contributed by atoms with Crippen molar-refractivity contribution in [3.63, 3.8) is 0 Å². The molecule has 0 amide bonds. The van der Waals surface area contributed by atoms with E-state index >= 15 is 0 Å². The Hall–Kier alpha value is -2.30. The highest BCUT2D eigenvalue weighted by Crippen LogP contribution is 2.52. The van der Waals surface area contributed by atoms with E-state index in [4.69, 9.17) is 13.6 Å². The molecule has 1 fully saturated rings. The number of para-hydroxylation sites is 2. The van der Waals surface area contributed by atoms with Crippen LogP contribution in [-0.4, -0.2) is 17.2 Å². The van der Waals surface area contributed by atoms with Gasteiger partial charge in [0.25, 0.3) is 0 Å². The van der Waals surface area contributed by atoms with Crippen LogP contribution in [0.4, 0.5) is 0 Å². The normalized spacial score (nSPS) is 20.3. The van der Waals surface area contributed by atoms with Crippen LogP contribution in [0.1, 0.15) is 25.7 Å². The first kappa shape index (κ1) is 18.5. The van der Waals surface area contributed by atoms with Crippen molar-refractivity contribution in [2.75, 3.05) is 0 Å². The van der Waals surface area contributed by atoms with E-state index in [2.05, 4.69) is 0 Å². The molecule has 6 nitrogen and oxygen atoms in total. The number of aliphatic carboxylic acids is 1. The summed E-state index contributed by atoms with van der Waals surface area (Å²) in [7, 11) is -3.98. The van der Waals surface area contributed by atoms with Crippen molar-refractivity contribution in [3.05, 3.63) is 60.7 Å². The van der Waals surface area contributed by atoms with E-state index in [1.807, 2.05) is 12.1 Å². The highest BCUT2D eigenvalue weighted by Gasteiger charge is 2.38. The van der Waals surface area contributed by atoms with Crippen molar-refractivity contribution in [2.24, 2.45) is 5.92 Å². The minimum Gasteiger partial charge on any atom is -0.481 e. The van der Waals surface area contributed by atoms with Crippen molar-refractivity contribution < 1.29 is 28.0 Å². The monoisotopic (exact) mass is 376 g/mol. The lowest BCUT2D eigenvalue weighted by Crippen LogP contribution is -2.28. The Morgan fingerprint density at radius 3 is 1.96 bits per heavy atom. The number of phosphoric acid groups is 1. The molecule has 7 heteroatoms. The first-order valence-electron chi connectivity index (χ1n) is 8.55. The van der Waals surface area contributed by atoms with Gasteiger partial charge < -0.3 is 14.2 Å². The Labute approximate surface area is 152 Å². The third-order valence-corrected chi connectivity index (χ3v) is 5.60. The number of carboxylic acid groups (broad SMARTS) is 1. The second kappa shape index (κ2) is 8.39. The van der Waals surface area contributed by atoms with E-state index in [0.717, 1.165) is 0 Å². The molecule has 0 unspecified atom stereocenters. The molecular formula is C19H21O6P. The molecular weight excluding hydrogens is 355 g/mol. The Morgan fingerprint density at radius 1 is 0.923 bits per heavy atom. The average Bonchev–Trinajstić information content (AvgIpc) is 2.63. The number of carboxylic acids is 1. The maximum Gasteiger partial charge on any atom is 0.587 e. The summed E-state index contributed by atoms with van der Waals surface area (Å²) in [6.45, 7) is 0. The predicted octanol–water partition coefficient (Wildman–Crippen LogP) is 4.91. The average molecular weight is 376 g/mol. The van der Waals surface area contributed by atoms with E-state index in [1.165, 1.54) is 0 Å². The molecule has 26 heavy (non-hydrogen) atoms. The lowest BCUT2D eigenvalue weighted by Gasteiger charge is -2.29. The maximum absolute atomic E-state index is 13.3. The Kier molecular flexibility index (Phi) is 5.96. The molecule has 2 aromatic rings. The lowest BCUT2D eigenvalue weighted by molar-refractivity contribution is -0.144. The summed E-state index contributed by atoms with van der Waals surface area (Å²) in [6.07, 6.45) is 1.69. The van der Waals surface area contributed by atoms with Crippen LogP contribution < -0.4 is 9.05 Å². The van der Waals surface area contributed by atoms with Crippen LogP contribution in [0.3, 0.4) is 0 Å². The Morgan fingerprint density at radius 2 is 1.46 bits per heavy atom. The maximum atomic E-state index is 13.3. The highest BCUT2D eigenvalue weighted by atomic mass is 31.2. The molecule has 0 saturated heterocycles. The van der Waals surface area contributed by atoms with Crippen molar-refractivity contribution >= 4 is 13.8 Å². The smallest absolute Gasteiger partial charge is 0.481 e. The zero-order valence-electron chi connectivity index (χ0n) is 14.2. The standard InChI is InChI=1S/C19H21O6P/c20-19(21)15-8-7-13-18(14-15)25-26(22,23-16-9-3-1-4-10-16)24-17-11-5-2-6-12-17/h1-6,9-12,15,18H,7-8,13-14H2,(H,20,21)/t15-,18+/m1/s1. The number of rotatable bonds is 7. The molecule has 1 aliphatic carbocycles. The van der Waals surface area contributed by atoms with Crippen molar-refractivity contribution in [2.45, 2.75) is 31.8 Å². The van der Waals surface area contributed by atoms with Gasteiger partial charge in [-0.25, -0.2) is 4.57 Å². The van der Waals surface area contributed by atoms with Crippen LogP contribution in [0.2, 0.25) is 0 Å². The molecule has 0 aliphatic heterocycles. The summed E-state index contributed by atoms with van der Waals surface area (Å²) in [5.74, 6) is -0.647. The highest BCUT2D eigenvalue weighted by molar-refractivity contribution is 7.49. The third kappa shape index (κ3) is 5.10. The fraction of sp³-hybridized carbons (Fsp3) is 0.316. The molecule has 0 heterocycles. The number of benzene rings is 2. The number of hydrogen-bond donors (Lipinski definition) is 1. The summed E-state index contributed by atoms with van der Waals surface area (Å²) < 4.78 is 30.1. The zero-order valence-corrected chi connectivity index (χ0v) is 15.1. The van der Waals surface area contributed by atoms with Gasteiger partial charge in [0.05, 0.1) is 12.0 Å². The van der Waals surface area contributed by atoms with E-state index in [0.29, 0.717) is 30.8 Å². The molecule has 0 radical (unpaired) electrons. The van der Waals surface area contributed by atoms with E-state index < -0.39 is 25.8 Å². The summed E-state index contributed by atoms with van der Waals surface area (Å²) in [6, 6.07) is 17.3. The fourth-order valence-electron chi connectivity index (χ4n) is 2.93. The van der Waals surface area contributed by atoms with E-state index in [9.17, 15) is 14.5 Å². The van der Waals surface area contributed by atoms with Gasteiger partial charge in [0.15, 0.2) is 0 Å². The van der Waals surface area contributed by atoms with Crippen LogP contribution >= 0.6 is 7.82 Å². The molecule has 138 valence electrons. The van der Waals surface area contributed by atoms with Gasteiger partial charge in [-0.15, -0.1) is 0 Å². The molecule has 3 rings (SSSR count). The minimum absolute atomic E-state index is 0.287. The summed E-state index contributed by atoms with van der Waals surface area (Å²) in [5.41, 5.74) is 0. The van der Waals surface area contributed by atoms with Gasteiger partial charge in [-0.2, -0.15) is 0 Å². The SMILES string of the molecule is O=C(O)[C@@H]1CCC[C@H](OP(=O)(Oc2ccccc2)Oc2ccccc2)C1. The van der Waals surface area contributed by atoms with Crippen LogP contribution in [0.5, 0.6) is 11.5 Å². The summed E-state index contributed by atoms with van der Waals surface area (Å²) in [5, 5.41) is 9.24. The van der Waals surface area contributed by atoms with Gasteiger partial charge in [-0.05, 0) is 49.9 Å². The molecule has 0 spiro atoms. The first-order chi connectivity index (χ1) is 12.5. The first-order valence-corrected chi connectivity index (χ1v) is 10.0. The van der Waals surface area contributed by atoms with Crippen LogP contribution in [0.15, 0.2) is 60.7 Å². The molecule has 0 aromatic heterocycles. The second-order valence-electron chi connectivity index (χ2n) is 6.19. The number of phosphoric ester groups is 1.